The number of hydrogen-bond donors (Lipinski definition) is 0. The fraction of sp³-hybridized carbons (Fsp3) is 0.0714. The van der Waals surface area contributed by atoms with Crippen molar-refractivity contribution in [3.8, 4) is 23.2 Å². The quantitative estimate of drug-likeness (QED) is 0.700. The van der Waals surface area contributed by atoms with Crippen LogP contribution in [-0.4, -0.2) is 21.7 Å². The lowest BCUT2D eigenvalue weighted by molar-refractivity contribution is 0.415. The maximum atomic E-state index is 8.86. The molecule has 2 aromatic heterocycles. The van der Waals surface area contributed by atoms with Crippen molar-refractivity contribution in [2.75, 3.05) is 7.11 Å². The van der Waals surface area contributed by atoms with Gasteiger partial charge in [0.2, 0.25) is 0 Å². The highest BCUT2D eigenvalue weighted by molar-refractivity contribution is 5.59. The number of rotatable bonds is 2. The van der Waals surface area contributed by atoms with Crippen LogP contribution in [0.15, 0.2) is 42.6 Å². The molecule has 0 amide bonds. The molecule has 0 radical (unpaired) electrons. The average molecular weight is 250 g/mol. The molecule has 0 N–H and O–H groups in total. The summed E-state index contributed by atoms with van der Waals surface area (Å²) in [6, 6.07) is 13.0. The summed E-state index contributed by atoms with van der Waals surface area (Å²) in [5.74, 6) is 1.41. The lowest BCUT2D eigenvalue weighted by atomic mass is 10.2. The number of ether oxygens (including phenoxy) is 1. The molecule has 0 spiro atoms. The molecule has 5 heteroatoms. The van der Waals surface area contributed by atoms with E-state index >= 15 is 0 Å². The Balaban J connectivity index is 2.07. The Hall–Kier alpha value is -2.87. The van der Waals surface area contributed by atoms with Crippen molar-refractivity contribution in [3.63, 3.8) is 0 Å². The second kappa shape index (κ2) is 4.42. The molecule has 92 valence electrons. The number of pyridine rings is 1. The third-order valence-corrected chi connectivity index (χ3v) is 2.81. The predicted octanol–water partition coefficient (Wildman–Crippen LogP) is 2.28. The molecule has 0 bridgehead atoms. The molecule has 3 rings (SSSR count). The van der Waals surface area contributed by atoms with Gasteiger partial charge in [0.15, 0.2) is 11.5 Å². The van der Waals surface area contributed by atoms with Crippen LogP contribution in [0.3, 0.4) is 0 Å². The molecule has 0 aliphatic heterocycles. The fourth-order valence-corrected chi connectivity index (χ4v) is 1.81. The number of nitrogens with zero attached hydrogens (tertiary/aromatic N) is 4. The van der Waals surface area contributed by atoms with E-state index in [-0.39, 0.29) is 0 Å². The van der Waals surface area contributed by atoms with E-state index in [1.54, 1.807) is 30.0 Å². The maximum absolute atomic E-state index is 8.86. The topological polar surface area (TPSA) is 63.2 Å². The molecule has 0 fully saturated rings. The van der Waals surface area contributed by atoms with Crippen molar-refractivity contribution in [3.05, 3.63) is 48.2 Å². The molecule has 3 aromatic rings. The van der Waals surface area contributed by atoms with Crippen LogP contribution in [0, 0.1) is 11.3 Å². The summed E-state index contributed by atoms with van der Waals surface area (Å²) < 4.78 is 6.77. The molecule has 1 aromatic carbocycles. The molecule has 0 unspecified atom stereocenters. The Morgan fingerprint density at radius 2 is 2.00 bits per heavy atom. The van der Waals surface area contributed by atoms with Gasteiger partial charge in [-0.15, -0.1) is 5.10 Å². The van der Waals surface area contributed by atoms with E-state index in [4.69, 9.17) is 10.00 Å². The van der Waals surface area contributed by atoms with Gasteiger partial charge >= 0.3 is 0 Å². The minimum absolute atomic E-state index is 0.571. The van der Waals surface area contributed by atoms with Gasteiger partial charge in [0.25, 0.3) is 0 Å². The lowest BCUT2D eigenvalue weighted by Crippen LogP contribution is -1.87. The number of methoxy groups -OCH3 is 1. The zero-order chi connectivity index (χ0) is 13.2. The summed E-state index contributed by atoms with van der Waals surface area (Å²) in [7, 11) is 1.63. The summed E-state index contributed by atoms with van der Waals surface area (Å²) in [4.78, 5) is 4.41. The van der Waals surface area contributed by atoms with Gasteiger partial charge in [0.05, 0.1) is 18.7 Å². The molecule has 2 heterocycles. The Morgan fingerprint density at radius 1 is 1.21 bits per heavy atom. The zero-order valence-corrected chi connectivity index (χ0v) is 10.2. The van der Waals surface area contributed by atoms with E-state index in [0.29, 0.717) is 17.0 Å². The van der Waals surface area contributed by atoms with Gasteiger partial charge in [-0.1, -0.05) is 0 Å². The standard InChI is InChI=1S/C14H10N4O/c1-19-12-4-2-11(3-5-12)14-16-13-8-10(9-15)6-7-18(13)17-14/h2-8H,1H3. The van der Waals surface area contributed by atoms with Crippen molar-refractivity contribution in [2.24, 2.45) is 0 Å². The van der Waals surface area contributed by atoms with Crippen LogP contribution in [0.25, 0.3) is 17.0 Å². The van der Waals surface area contributed by atoms with Crippen molar-refractivity contribution in [2.45, 2.75) is 0 Å². The van der Waals surface area contributed by atoms with Crippen LogP contribution in [0.5, 0.6) is 5.75 Å². The van der Waals surface area contributed by atoms with Crippen molar-refractivity contribution >= 4 is 5.65 Å². The number of hydrogen-bond acceptors (Lipinski definition) is 4. The van der Waals surface area contributed by atoms with Crippen LogP contribution in [-0.2, 0) is 0 Å². The first-order valence-corrected chi connectivity index (χ1v) is 5.71. The van der Waals surface area contributed by atoms with Gasteiger partial charge < -0.3 is 4.74 Å². The SMILES string of the molecule is COc1ccc(-c2nc3cc(C#N)ccn3n2)cc1. The minimum Gasteiger partial charge on any atom is -0.497 e. The van der Waals surface area contributed by atoms with Crippen molar-refractivity contribution < 1.29 is 4.74 Å². The van der Waals surface area contributed by atoms with E-state index in [9.17, 15) is 0 Å². The van der Waals surface area contributed by atoms with Crippen LogP contribution in [0.1, 0.15) is 5.56 Å². The Kier molecular flexibility index (Phi) is 2.62. The van der Waals surface area contributed by atoms with E-state index < -0.39 is 0 Å². The lowest BCUT2D eigenvalue weighted by Gasteiger charge is -1.99. The normalized spacial score (nSPS) is 10.3. The van der Waals surface area contributed by atoms with E-state index in [2.05, 4.69) is 16.2 Å². The van der Waals surface area contributed by atoms with Gasteiger partial charge in [-0.05, 0) is 30.3 Å². The summed E-state index contributed by atoms with van der Waals surface area (Å²) in [5, 5.41) is 13.2. The number of benzene rings is 1. The number of nitriles is 1. The zero-order valence-electron chi connectivity index (χ0n) is 10.2. The van der Waals surface area contributed by atoms with Gasteiger partial charge in [-0.2, -0.15) is 5.26 Å². The fourth-order valence-electron chi connectivity index (χ4n) is 1.81. The average Bonchev–Trinajstić information content (AvgIpc) is 2.90. The van der Waals surface area contributed by atoms with Crippen molar-refractivity contribution in [1.29, 1.82) is 5.26 Å². The van der Waals surface area contributed by atoms with E-state index in [1.165, 1.54) is 0 Å². The Labute approximate surface area is 109 Å². The first-order valence-electron chi connectivity index (χ1n) is 5.71. The third kappa shape index (κ3) is 2.00. The highest BCUT2D eigenvalue weighted by Gasteiger charge is 2.07. The largest absolute Gasteiger partial charge is 0.497 e. The van der Waals surface area contributed by atoms with E-state index in [0.717, 1.165) is 11.3 Å². The number of aromatic nitrogens is 3. The first kappa shape index (κ1) is 11.2. The summed E-state index contributed by atoms with van der Waals surface area (Å²) in [6.07, 6.45) is 1.73. The monoisotopic (exact) mass is 250 g/mol. The molecular formula is C14H10N4O. The van der Waals surface area contributed by atoms with Gasteiger partial charge in [0, 0.05) is 17.8 Å². The number of fused-ring (bicyclic) bond motifs is 1. The molecule has 5 nitrogen and oxygen atoms in total. The summed E-state index contributed by atoms with van der Waals surface area (Å²) in [6.45, 7) is 0. The molecule has 0 saturated heterocycles. The first-order chi connectivity index (χ1) is 9.30. The second-order valence-electron chi connectivity index (χ2n) is 3.99. The van der Waals surface area contributed by atoms with E-state index in [1.807, 2.05) is 24.3 Å². The Bertz CT molecular complexity index is 768. The second-order valence-corrected chi connectivity index (χ2v) is 3.99. The highest BCUT2D eigenvalue weighted by Crippen LogP contribution is 2.20. The van der Waals surface area contributed by atoms with Gasteiger partial charge in [-0.3, -0.25) is 0 Å². The minimum atomic E-state index is 0.571. The van der Waals surface area contributed by atoms with Crippen LogP contribution in [0.4, 0.5) is 0 Å². The molecule has 19 heavy (non-hydrogen) atoms. The molecule has 0 atom stereocenters. The van der Waals surface area contributed by atoms with Crippen molar-refractivity contribution in [1.82, 2.24) is 14.6 Å². The van der Waals surface area contributed by atoms with Crippen LogP contribution < -0.4 is 4.74 Å². The highest BCUT2D eigenvalue weighted by atomic mass is 16.5. The smallest absolute Gasteiger partial charge is 0.182 e. The molecule has 0 aliphatic rings. The molecule has 0 saturated carbocycles. The van der Waals surface area contributed by atoms with Gasteiger partial charge in [0.1, 0.15) is 5.75 Å². The van der Waals surface area contributed by atoms with Gasteiger partial charge in [-0.25, -0.2) is 9.50 Å². The maximum Gasteiger partial charge on any atom is 0.182 e. The molecular weight excluding hydrogens is 240 g/mol. The van der Waals surface area contributed by atoms with Crippen LogP contribution in [0.2, 0.25) is 0 Å². The summed E-state index contributed by atoms with van der Waals surface area (Å²) in [5.41, 5.74) is 2.13. The molecule has 0 aliphatic carbocycles. The predicted molar refractivity (Wildman–Crippen MR) is 69.7 cm³/mol. The summed E-state index contributed by atoms with van der Waals surface area (Å²) >= 11 is 0. The van der Waals surface area contributed by atoms with Crippen LogP contribution >= 0.6 is 0 Å². The third-order valence-electron chi connectivity index (χ3n) is 2.81. The Morgan fingerprint density at radius 3 is 2.68 bits per heavy atom.